The van der Waals surface area contributed by atoms with Crippen molar-refractivity contribution in [1.29, 1.82) is 0 Å². The summed E-state index contributed by atoms with van der Waals surface area (Å²) in [7, 11) is 0. The summed E-state index contributed by atoms with van der Waals surface area (Å²) in [6, 6.07) is 4.91. The maximum Gasteiger partial charge on any atom is 0.217 e. The number of carbonyl (C=O) groups excluding carboxylic acids is 1. The van der Waals surface area contributed by atoms with Crippen LogP contribution in [-0.4, -0.2) is 31.9 Å². The number of nitrogens with one attached hydrogen (secondary N) is 1. The van der Waals surface area contributed by atoms with Crippen LogP contribution in [0.2, 0.25) is 0 Å². The average Bonchev–Trinajstić information content (AvgIpc) is 3.23. The zero-order valence-corrected chi connectivity index (χ0v) is 15.3. The molecule has 1 saturated heterocycles. The Morgan fingerprint density at radius 3 is 2.88 bits per heavy atom. The molecule has 1 aliphatic heterocycles. The zero-order valence-electron chi connectivity index (χ0n) is 15.3. The van der Waals surface area contributed by atoms with Gasteiger partial charge in [0, 0.05) is 38.1 Å². The SMILES string of the molecule is CC(=O)NCc1ccc([C@H]2CCCN2Cc2nccn2C(C)C)nc1. The summed E-state index contributed by atoms with van der Waals surface area (Å²) in [5.74, 6) is 1.09. The molecule has 0 aromatic carbocycles. The smallest absolute Gasteiger partial charge is 0.217 e. The van der Waals surface area contributed by atoms with Gasteiger partial charge in [0.25, 0.3) is 0 Å². The Labute approximate surface area is 149 Å². The van der Waals surface area contributed by atoms with Gasteiger partial charge in [0.2, 0.25) is 5.91 Å². The van der Waals surface area contributed by atoms with Crippen LogP contribution in [0.25, 0.3) is 0 Å². The molecule has 6 nitrogen and oxygen atoms in total. The van der Waals surface area contributed by atoms with Crippen molar-refractivity contribution in [3.05, 3.63) is 47.8 Å². The maximum atomic E-state index is 11.0. The molecule has 1 atom stereocenters. The molecule has 0 aliphatic carbocycles. The molecule has 0 radical (unpaired) electrons. The molecule has 2 aromatic rings. The highest BCUT2D eigenvalue weighted by Crippen LogP contribution is 2.32. The Hall–Kier alpha value is -2.21. The standard InChI is InChI=1S/C19H27N5O/c1-14(2)24-10-8-20-19(24)13-23-9-4-5-18(23)17-7-6-16(12-22-17)11-21-15(3)25/h6-8,10,12,14,18H,4-5,9,11,13H2,1-3H3,(H,21,25)/t18-/m1/s1. The van der Waals surface area contributed by atoms with Gasteiger partial charge in [-0.1, -0.05) is 6.07 Å². The average molecular weight is 341 g/mol. The van der Waals surface area contributed by atoms with Crippen LogP contribution in [0.4, 0.5) is 0 Å². The number of hydrogen-bond acceptors (Lipinski definition) is 4. The molecule has 6 heteroatoms. The van der Waals surface area contributed by atoms with Gasteiger partial charge in [-0.15, -0.1) is 0 Å². The van der Waals surface area contributed by atoms with Crippen LogP contribution >= 0.6 is 0 Å². The first-order chi connectivity index (χ1) is 12.0. The van der Waals surface area contributed by atoms with Crippen molar-refractivity contribution < 1.29 is 4.79 Å². The number of amides is 1. The first-order valence-electron chi connectivity index (χ1n) is 8.99. The summed E-state index contributed by atoms with van der Waals surface area (Å²) in [4.78, 5) is 22.7. The molecule has 134 valence electrons. The molecule has 0 spiro atoms. The molecule has 1 N–H and O–H groups in total. The number of carbonyl (C=O) groups is 1. The van der Waals surface area contributed by atoms with Gasteiger partial charge in [0.1, 0.15) is 5.82 Å². The van der Waals surface area contributed by atoms with Crippen molar-refractivity contribution in [2.45, 2.75) is 58.8 Å². The second kappa shape index (κ2) is 7.78. The van der Waals surface area contributed by atoms with Crippen molar-refractivity contribution in [2.24, 2.45) is 0 Å². The van der Waals surface area contributed by atoms with Gasteiger partial charge in [-0.05, 0) is 44.9 Å². The highest BCUT2D eigenvalue weighted by atomic mass is 16.1. The minimum atomic E-state index is -0.0216. The van der Waals surface area contributed by atoms with Gasteiger partial charge in [0.05, 0.1) is 18.3 Å². The third-order valence-corrected chi connectivity index (χ3v) is 4.74. The quantitative estimate of drug-likeness (QED) is 0.877. The van der Waals surface area contributed by atoms with Gasteiger partial charge in [0.15, 0.2) is 0 Å². The van der Waals surface area contributed by atoms with Crippen LogP contribution in [0.15, 0.2) is 30.7 Å². The first-order valence-corrected chi connectivity index (χ1v) is 8.99. The molecular weight excluding hydrogens is 314 g/mol. The van der Waals surface area contributed by atoms with Crippen LogP contribution in [0.3, 0.4) is 0 Å². The molecule has 0 unspecified atom stereocenters. The number of rotatable bonds is 6. The third-order valence-electron chi connectivity index (χ3n) is 4.74. The Kier molecular flexibility index (Phi) is 5.48. The van der Waals surface area contributed by atoms with E-state index in [2.05, 4.69) is 56.9 Å². The maximum absolute atomic E-state index is 11.0. The minimum absolute atomic E-state index is 0.0216. The molecule has 1 amide bonds. The lowest BCUT2D eigenvalue weighted by molar-refractivity contribution is -0.119. The summed E-state index contributed by atoms with van der Waals surface area (Å²) in [6.07, 6.45) is 8.12. The second-order valence-corrected chi connectivity index (χ2v) is 6.97. The first kappa shape index (κ1) is 17.6. The van der Waals surface area contributed by atoms with Crippen molar-refractivity contribution in [3.8, 4) is 0 Å². The van der Waals surface area contributed by atoms with Crippen molar-refractivity contribution in [1.82, 2.24) is 24.8 Å². The second-order valence-electron chi connectivity index (χ2n) is 6.97. The fraction of sp³-hybridized carbons (Fsp3) is 0.526. The predicted octanol–water partition coefficient (Wildman–Crippen LogP) is 2.83. The van der Waals surface area contributed by atoms with Crippen molar-refractivity contribution in [2.75, 3.05) is 6.54 Å². The van der Waals surface area contributed by atoms with Gasteiger partial charge in [-0.25, -0.2) is 4.98 Å². The molecule has 3 heterocycles. The lowest BCUT2D eigenvalue weighted by atomic mass is 10.1. The van der Waals surface area contributed by atoms with Crippen LogP contribution in [0, 0.1) is 0 Å². The summed E-state index contributed by atoms with van der Waals surface area (Å²) >= 11 is 0. The third kappa shape index (κ3) is 4.25. The Bertz CT molecular complexity index is 707. The van der Waals surface area contributed by atoms with E-state index in [9.17, 15) is 4.79 Å². The summed E-state index contributed by atoms with van der Waals surface area (Å²) < 4.78 is 2.24. The predicted molar refractivity (Wildman–Crippen MR) is 96.8 cm³/mol. The lowest BCUT2D eigenvalue weighted by Gasteiger charge is -2.24. The van der Waals surface area contributed by atoms with E-state index < -0.39 is 0 Å². The largest absolute Gasteiger partial charge is 0.352 e. The number of pyridine rings is 1. The molecular formula is C19H27N5O. The van der Waals surface area contributed by atoms with E-state index in [-0.39, 0.29) is 5.91 Å². The Morgan fingerprint density at radius 2 is 2.20 bits per heavy atom. The fourth-order valence-electron chi connectivity index (χ4n) is 3.43. The van der Waals surface area contributed by atoms with E-state index in [0.717, 1.165) is 36.6 Å². The molecule has 3 rings (SSSR count). The monoisotopic (exact) mass is 341 g/mol. The van der Waals surface area contributed by atoms with E-state index in [0.29, 0.717) is 18.6 Å². The Balaban J connectivity index is 1.69. The van der Waals surface area contributed by atoms with Gasteiger partial charge < -0.3 is 9.88 Å². The summed E-state index contributed by atoms with van der Waals surface area (Å²) in [6.45, 7) is 8.35. The van der Waals surface area contributed by atoms with E-state index in [1.807, 2.05) is 12.4 Å². The molecule has 1 fully saturated rings. The molecule has 2 aromatic heterocycles. The Morgan fingerprint density at radius 1 is 1.36 bits per heavy atom. The minimum Gasteiger partial charge on any atom is -0.352 e. The van der Waals surface area contributed by atoms with E-state index in [1.165, 1.54) is 13.3 Å². The fourth-order valence-corrected chi connectivity index (χ4v) is 3.43. The summed E-state index contributed by atoms with van der Waals surface area (Å²) in [5.41, 5.74) is 2.13. The van der Waals surface area contributed by atoms with Gasteiger partial charge in [-0.2, -0.15) is 0 Å². The zero-order chi connectivity index (χ0) is 17.8. The highest BCUT2D eigenvalue weighted by Gasteiger charge is 2.28. The van der Waals surface area contributed by atoms with Gasteiger partial charge >= 0.3 is 0 Å². The van der Waals surface area contributed by atoms with Crippen molar-refractivity contribution >= 4 is 5.91 Å². The highest BCUT2D eigenvalue weighted by molar-refractivity contribution is 5.72. The molecule has 25 heavy (non-hydrogen) atoms. The summed E-state index contributed by atoms with van der Waals surface area (Å²) in [5, 5.41) is 2.81. The number of nitrogens with zero attached hydrogens (tertiary/aromatic N) is 4. The van der Waals surface area contributed by atoms with E-state index in [4.69, 9.17) is 0 Å². The number of aromatic nitrogens is 3. The normalized spacial score (nSPS) is 18.0. The van der Waals surface area contributed by atoms with E-state index in [1.54, 1.807) is 0 Å². The van der Waals surface area contributed by atoms with E-state index >= 15 is 0 Å². The number of likely N-dealkylation sites (tertiary alicyclic amines) is 1. The molecule has 0 bridgehead atoms. The van der Waals surface area contributed by atoms with Crippen LogP contribution in [0.1, 0.15) is 62.8 Å². The number of imidazole rings is 1. The topological polar surface area (TPSA) is 63.1 Å². The van der Waals surface area contributed by atoms with Gasteiger partial charge in [-0.3, -0.25) is 14.7 Å². The molecule has 1 aliphatic rings. The van der Waals surface area contributed by atoms with Crippen LogP contribution in [-0.2, 0) is 17.9 Å². The number of hydrogen-bond donors (Lipinski definition) is 1. The molecule has 0 saturated carbocycles. The van der Waals surface area contributed by atoms with Crippen LogP contribution in [0.5, 0.6) is 0 Å². The van der Waals surface area contributed by atoms with Crippen LogP contribution < -0.4 is 5.32 Å². The lowest BCUT2D eigenvalue weighted by Crippen LogP contribution is -2.25. The van der Waals surface area contributed by atoms with Crippen molar-refractivity contribution in [3.63, 3.8) is 0 Å².